The van der Waals surface area contributed by atoms with Crippen molar-refractivity contribution in [3.63, 3.8) is 0 Å². The third-order valence-electron chi connectivity index (χ3n) is 2.95. The zero-order chi connectivity index (χ0) is 13.0. The summed E-state index contributed by atoms with van der Waals surface area (Å²) < 4.78 is 2.03. The SMILES string of the molecule is CCn1cnnc1CNC(C)c1cccc(Cl)c1. The van der Waals surface area contributed by atoms with E-state index < -0.39 is 0 Å². The summed E-state index contributed by atoms with van der Waals surface area (Å²) in [6.07, 6.45) is 1.75. The van der Waals surface area contributed by atoms with Gasteiger partial charge in [0, 0.05) is 17.6 Å². The average molecular weight is 265 g/mol. The van der Waals surface area contributed by atoms with E-state index in [2.05, 4.69) is 35.4 Å². The van der Waals surface area contributed by atoms with Crippen LogP contribution >= 0.6 is 11.6 Å². The summed E-state index contributed by atoms with van der Waals surface area (Å²) in [5.74, 6) is 0.950. The molecule has 0 saturated heterocycles. The summed E-state index contributed by atoms with van der Waals surface area (Å²) >= 11 is 5.98. The van der Waals surface area contributed by atoms with Crippen molar-refractivity contribution in [3.8, 4) is 0 Å². The van der Waals surface area contributed by atoms with E-state index >= 15 is 0 Å². The lowest BCUT2D eigenvalue weighted by Gasteiger charge is -2.14. The zero-order valence-electron chi connectivity index (χ0n) is 10.6. The lowest BCUT2D eigenvalue weighted by molar-refractivity contribution is 0.539. The lowest BCUT2D eigenvalue weighted by atomic mass is 10.1. The van der Waals surface area contributed by atoms with Crippen molar-refractivity contribution in [3.05, 3.63) is 47.0 Å². The molecule has 5 heteroatoms. The molecule has 96 valence electrons. The van der Waals surface area contributed by atoms with Crippen LogP contribution in [0.25, 0.3) is 0 Å². The Bertz CT molecular complexity index is 509. The van der Waals surface area contributed by atoms with E-state index in [4.69, 9.17) is 11.6 Å². The molecule has 0 saturated carbocycles. The van der Waals surface area contributed by atoms with Crippen LogP contribution in [0.1, 0.15) is 31.3 Å². The minimum absolute atomic E-state index is 0.228. The smallest absolute Gasteiger partial charge is 0.146 e. The van der Waals surface area contributed by atoms with Crippen LogP contribution in [0, 0.1) is 0 Å². The maximum absolute atomic E-state index is 5.98. The minimum atomic E-state index is 0.228. The van der Waals surface area contributed by atoms with Gasteiger partial charge in [0.25, 0.3) is 0 Å². The van der Waals surface area contributed by atoms with E-state index in [0.29, 0.717) is 6.54 Å². The van der Waals surface area contributed by atoms with Crippen LogP contribution in [-0.4, -0.2) is 14.8 Å². The van der Waals surface area contributed by atoms with E-state index in [1.165, 1.54) is 5.56 Å². The molecular formula is C13H17ClN4. The number of hydrogen-bond acceptors (Lipinski definition) is 3. The van der Waals surface area contributed by atoms with E-state index in [0.717, 1.165) is 17.4 Å². The second kappa shape index (κ2) is 5.98. The van der Waals surface area contributed by atoms with E-state index in [9.17, 15) is 0 Å². The Morgan fingerprint density at radius 2 is 2.28 bits per heavy atom. The van der Waals surface area contributed by atoms with Crippen molar-refractivity contribution in [2.75, 3.05) is 0 Å². The molecule has 0 bridgehead atoms. The number of halogens is 1. The number of aryl methyl sites for hydroxylation is 1. The van der Waals surface area contributed by atoms with Gasteiger partial charge < -0.3 is 9.88 Å². The monoisotopic (exact) mass is 264 g/mol. The van der Waals surface area contributed by atoms with E-state index in [-0.39, 0.29) is 6.04 Å². The molecule has 18 heavy (non-hydrogen) atoms. The Kier molecular flexibility index (Phi) is 4.33. The summed E-state index contributed by atoms with van der Waals surface area (Å²) in [5.41, 5.74) is 1.17. The van der Waals surface area contributed by atoms with Crippen LogP contribution < -0.4 is 5.32 Å². The highest BCUT2D eigenvalue weighted by Gasteiger charge is 2.08. The van der Waals surface area contributed by atoms with Gasteiger partial charge in [-0.2, -0.15) is 0 Å². The average Bonchev–Trinajstić information content (AvgIpc) is 2.83. The van der Waals surface area contributed by atoms with Gasteiger partial charge in [-0.15, -0.1) is 10.2 Å². The molecule has 1 heterocycles. The van der Waals surface area contributed by atoms with Crippen molar-refractivity contribution in [2.24, 2.45) is 0 Å². The molecule has 2 aromatic rings. The van der Waals surface area contributed by atoms with Crippen molar-refractivity contribution in [2.45, 2.75) is 33.0 Å². The lowest BCUT2D eigenvalue weighted by Crippen LogP contribution is -2.20. The first-order valence-corrected chi connectivity index (χ1v) is 6.44. The molecule has 0 fully saturated rings. The molecule has 0 radical (unpaired) electrons. The van der Waals surface area contributed by atoms with Gasteiger partial charge in [-0.05, 0) is 31.5 Å². The highest BCUT2D eigenvalue weighted by Crippen LogP contribution is 2.17. The topological polar surface area (TPSA) is 42.7 Å². The molecule has 0 aliphatic rings. The molecule has 0 amide bonds. The molecular weight excluding hydrogens is 248 g/mol. The number of benzene rings is 1. The number of nitrogens with zero attached hydrogens (tertiary/aromatic N) is 3. The van der Waals surface area contributed by atoms with Crippen molar-refractivity contribution in [1.82, 2.24) is 20.1 Å². The summed E-state index contributed by atoms with van der Waals surface area (Å²) in [7, 11) is 0. The van der Waals surface area contributed by atoms with Gasteiger partial charge >= 0.3 is 0 Å². The normalized spacial score (nSPS) is 12.6. The summed E-state index contributed by atoms with van der Waals surface area (Å²) in [6, 6.07) is 8.11. The summed E-state index contributed by atoms with van der Waals surface area (Å²) in [4.78, 5) is 0. The fraction of sp³-hybridized carbons (Fsp3) is 0.385. The highest BCUT2D eigenvalue weighted by molar-refractivity contribution is 6.30. The van der Waals surface area contributed by atoms with Gasteiger partial charge in [0.15, 0.2) is 0 Å². The molecule has 0 aliphatic heterocycles. The van der Waals surface area contributed by atoms with Crippen LogP contribution in [0.4, 0.5) is 0 Å². The number of hydrogen-bond donors (Lipinski definition) is 1. The molecule has 0 aliphatic carbocycles. The largest absolute Gasteiger partial charge is 0.317 e. The first kappa shape index (κ1) is 13.1. The standard InChI is InChI=1S/C13H17ClN4/c1-3-18-9-16-17-13(18)8-15-10(2)11-5-4-6-12(14)7-11/h4-7,9-10,15H,3,8H2,1-2H3. The predicted octanol–water partition coefficient (Wildman–Crippen LogP) is 2.80. The molecule has 4 nitrogen and oxygen atoms in total. The summed E-state index contributed by atoms with van der Waals surface area (Å²) in [6.45, 7) is 5.77. The molecule has 1 aromatic carbocycles. The van der Waals surface area contributed by atoms with Crippen molar-refractivity contribution in [1.29, 1.82) is 0 Å². The quantitative estimate of drug-likeness (QED) is 0.903. The van der Waals surface area contributed by atoms with Gasteiger partial charge in [0.1, 0.15) is 12.2 Å². The van der Waals surface area contributed by atoms with Crippen LogP contribution in [0.15, 0.2) is 30.6 Å². The van der Waals surface area contributed by atoms with Crippen LogP contribution in [-0.2, 0) is 13.1 Å². The molecule has 1 unspecified atom stereocenters. The predicted molar refractivity (Wildman–Crippen MR) is 72.4 cm³/mol. The third-order valence-corrected chi connectivity index (χ3v) is 3.19. The Balaban J connectivity index is 1.98. The first-order chi connectivity index (χ1) is 8.70. The zero-order valence-corrected chi connectivity index (χ0v) is 11.4. The van der Waals surface area contributed by atoms with E-state index in [1.54, 1.807) is 6.33 Å². The molecule has 1 aromatic heterocycles. The fourth-order valence-corrected chi connectivity index (χ4v) is 2.02. The highest BCUT2D eigenvalue weighted by atomic mass is 35.5. The fourth-order valence-electron chi connectivity index (χ4n) is 1.82. The first-order valence-electron chi connectivity index (χ1n) is 6.06. The minimum Gasteiger partial charge on any atom is -0.317 e. The van der Waals surface area contributed by atoms with Crippen LogP contribution in [0.2, 0.25) is 5.02 Å². The van der Waals surface area contributed by atoms with Crippen molar-refractivity contribution >= 4 is 11.6 Å². The summed E-state index contributed by atoms with van der Waals surface area (Å²) in [5, 5.41) is 12.2. The van der Waals surface area contributed by atoms with Crippen LogP contribution in [0.5, 0.6) is 0 Å². The van der Waals surface area contributed by atoms with Crippen LogP contribution in [0.3, 0.4) is 0 Å². The molecule has 1 atom stereocenters. The second-order valence-electron chi connectivity index (χ2n) is 4.19. The molecule has 1 N–H and O–H groups in total. The van der Waals surface area contributed by atoms with Gasteiger partial charge in [-0.3, -0.25) is 0 Å². The third kappa shape index (κ3) is 3.09. The molecule has 2 rings (SSSR count). The maximum atomic E-state index is 5.98. The Labute approximate surface area is 112 Å². The van der Waals surface area contributed by atoms with Gasteiger partial charge in [-0.1, -0.05) is 23.7 Å². The Morgan fingerprint density at radius 1 is 1.44 bits per heavy atom. The van der Waals surface area contributed by atoms with Gasteiger partial charge in [0.05, 0.1) is 6.54 Å². The molecule has 0 spiro atoms. The number of rotatable bonds is 5. The second-order valence-corrected chi connectivity index (χ2v) is 4.63. The van der Waals surface area contributed by atoms with Crippen molar-refractivity contribution < 1.29 is 0 Å². The Hall–Kier alpha value is -1.39. The van der Waals surface area contributed by atoms with Gasteiger partial charge in [-0.25, -0.2) is 0 Å². The van der Waals surface area contributed by atoms with E-state index in [1.807, 2.05) is 22.8 Å². The number of aromatic nitrogens is 3. The van der Waals surface area contributed by atoms with Gasteiger partial charge in [0.2, 0.25) is 0 Å². The number of nitrogens with one attached hydrogen (secondary N) is 1. The maximum Gasteiger partial charge on any atom is 0.146 e. The Morgan fingerprint density at radius 3 is 3.00 bits per heavy atom.